The topological polar surface area (TPSA) is 51.0 Å². The summed E-state index contributed by atoms with van der Waals surface area (Å²) in [6, 6.07) is 4.70. The Morgan fingerprint density at radius 3 is 2.59 bits per heavy atom. The Morgan fingerprint density at radius 2 is 2.06 bits per heavy atom. The zero-order valence-corrected chi connectivity index (χ0v) is 9.06. The number of methoxy groups -OCH3 is 1. The van der Waals surface area contributed by atoms with Gasteiger partial charge < -0.3 is 15.5 Å². The summed E-state index contributed by atoms with van der Waals surface area (Å²) in [5.74, 6) is 0.496. The van der Waals surface area contributed by atoms with Crippen LogP contribution in [-0.2, 0) is 12.7 Å². The Hall–Kier alpha value is -1.69. The molecule has 17 heavy (non-hydrogen) atoms. The van der Waals surface area contributed by atoms with Crippen LogP contribution in [0.1, 0.15) is 11.3 Å². The number of alkyl halides is 3. The van der Waals surface area contributed by atoms with Crippen LogP contribution in [0.3, 0.4) is 0 Å². The fourth-order valence-corrected chi connectivity index (χ4v) is 1.82. The fourth-order valence-electron chi connectivity index (χ4n) is 1.82. The molecule has 6 heteroatoms. The van der Waals surface area contributed by atoms with E-state index in [1.807, 2.05) is 0 Å². The number of hydrogen-bond acceptors (Lipinski definition) is 2. The molecule has 2 rings (SSSR count). The summed E-state index contributed by atoms with van der Waals surface area (Å²) in [6.07, 6.45) is -4.43. The number of benzene rings is 1. The number of halogens is 3. The van der Waals surface area contributed by atoms with Crippen molar-refractivity contribution in [2.24, 2.45) is 5.73 Å². The fraction of sp³-hybridized carbons (Fsp3) is 0.273. The highest BCUT2D eigenvalue weighted by Crippen LogP contribution is 2.36. The Morgan fingerprint density at radius 1 is 1.35 bits per heavy atom. The molecule has 0 aliphatic heterocycles. The van der Waals surface area contributed by atoms with E-state index in [4.69, 9.17) is 10.5 Å². The molecule has 92 valence electrons. The quantitative estimate of drug-likeness (QED) is 0.853. The lowest BCUT2D eigenvalue weighted by Gasteiger charge is -2.05. The molecule has 0 saturated heterocycles. The maximum absolute atomic E-state index is 12.7. The second kappa shape index (κ2) is 3.96. The number of nitrogens with one attached hydrogen (secondary N) is 1. The number of aromatic amines is 1. The number of rotatable bonds is 2. The van der Waals surface area contributed by atoms with Gasteiger partial charge in [-0.15, -0.1) is 0 Å². The van der Waals surface area contributed by atoms with Gasteiger partial charge in [0.1, 0.15) is 11.4 Å². The zero-order chi connectivity index (χ0) is 12.6. The lowest BCUT2D eigenvalue weighted by molar-refractivity contribution is -0.141. The van der Waals surface area contributed by atoms with Crippen LogP contribution in [0.5, 0.6) is 5.75 Å². The summed E-state index contributed by atoms with van der Waals surface area (Å²) in [5.41, 5.74) is 5.04. The van der Waals surface area contributed by atoms with Crippen molar-refractivity contribution in [2.75, 3.05) is 7.11 Å². The molecule has 0 spiro atoms. The summed E-state index contributed by atoms with van der Waals surface area (Å²) in [6.45, 7) is -0.166. The molecular weight excluding hydrogens is 233 g/mol. The highest BCUT2D eigenvalue weighted by atomic mass is 19.4. The lowest BCUT2D eigenvalue weighted by atomic mass is 10.1. The summed E-state index contributed by atoms with van der Waals surface area (Å²) in [5, 5.41) is 0.473. The maximum atomic E-state index is 12.7. The van der Waals surface area contributed by atoms with Crippen LogP contribution in [0.25, 0.3) is 10.9 Å². The Kier molecular flexibility index (Phi) is 2.74. The normalized spacial score (nSPS) is 12.1. The Labute approximate surface area is 95.4 Å². The van der Waals surface area contributed by atoms with Crippen molar-refractivity contribution in [3.63, 3.8) is 0 Å². The van der Waals surface area contributed by atoms with Gasteiger partial charge in [0.05, 0.1) is 7.11 Å². The molecular formula is C11H11F3N2O. The van der Waals surface area contributed by atoms with Gasteiger partial charge in [-0.05, 0) is 12.1 Å². The molecule has 1 aromatic heterocycles. The monoisotopic (exact) mass is 244 g/mol. The number of hydrogen-bond donors (Lipinski definition) is 2. The molecule has 0 radical (unpaired) electrons. The van der Waals surface area contributed by atoms with Crippen molar-refractivity contribution in [2.45, 2.75) is 12.7 Å². The van der Waals surface area contributed by atoms with Crippen LogP contribution in [-0.4, -0.2) is 12.1 Å². The predicted molar refractivity (Wildman–Crippen MR) is 57.7 cm³/mol. The van der Waals surface area contributed by atoms with E-state index in [1.54, 1.807) is 12.1 Å². The summed E-state index contributed by atoms with van der Waals surface area (Å²) >= 11 is 0. The van der Waals surface area contributed by atoms with Gasteiger partial charge in [-0.2, -0.15) is 13.2 Å². The van der Waals surface area contributed by atoms with Gasteiger partial charge in [0.2, 0.25) is 0 Å². The van der Waals surface area contributed by atoms with E-state index in [2.05, 4.69) is 4.98 Å². The molecule has 0 aliphatic carbocycles. The summed E-state index contributed by atoms with van der Waals surface area (Å²) in [4.78, 5) is 2.34. The van der Waals surface area contributed by atoms with Gasteiger partial charge >= 0.3 is 6.18 Å². The molecule has 1 heterocycles. The minimum absolute atomic E-state index is 0.0788. The van der Waals surface area contributed by atoms with Crippen molar-refractivity contribution in [3.05, 3.63) is 29.5 Å². The van der Waals surface area contributed by atoms with E-state index in [1.165, 1.54) is 13.2 Å². The van der Waals surface area contributed by atoms with Crippen molar-refractivity contribution in [1.29, 1.82) is 0 Å². The molecule has 0 bridgehead atoms. The average molecular weight is 244 g/mol. The van der Waals surface area contributed by atoms with E-state index < -0.39 is 11.9 Å². The molecule has 1 aromatic carbocycles. The van der Waals surface area contributed by atoms with Gasteiger partial charge in [0.25, 0.3) is 0 Å². The second-order valence-electron chi connectivity index (χ2n) is 3.59. The molecule has 0 saturated carbocycles. The van der Waals surface area contributed by atoms with Gasteiger partial charge in [0.15, 0.2) is 0 Å². The Balaban J connectivity index is 2.70. The minimum Gasteiger partial charge on any atom is -0.497 e. The molecule has 0 unspecified atom stereocenters. The van der Waals surface area contributed by atoms with E-state index in [9.17, 15) is 13.2 Å². The van der Waals surface area contributed by atoms with E-state index in [0.717, 1.165) is 0 Å². The third-order valence-electron chi connectivity index (χ3n) is 2.60. The first kappa shape index (κ1) is 11.8. The van der Waals surface area contributed by atoms with Crippen LogP contribution in [0, 0.1) is 0 Å². The van der Waals surface area contributed by atoms with E-state index in [-0.39, 0.29) is 12.1 Å². The SMILES string of the molecule is COc1ccc2c(CN)c(C(F)(F)F)[nH]c2c1. The Bertz CT molecular complexity index is 545. The third-order valence-corrected chi connectivity index (χ3v) is 2.60. The number of nitrogens with two attached hydrogens (primary N) is 1. The second-order valence-corrected chi connectivity index (χ2v) is 3.59. The van der Waals surface area contributed by atoms with Crippen molar-refractivity contribution in [3.8, 4) is 5.75 Å². The van der Waals surface area contributed by atoms with E-state index >= 15 is 0 Å². The van der Waals surface area contributed by atoms with Gasteiger partial charge in [-0.1, -0.05) is 0 Å². The first-order valence-corrected chi connectivity index (χ1v) is 4.93. The third kappa shape index (κ3) is 1.95. The first-order valence-electron chi connectivity index (χ1n) is 4.93. The van der Waals surface area contributed by atoms with Crippen molar-refractivity contribution >= 4 is 10.9 Å². The number of aromatic nitrogens is 1. The van der Waals surface area contributed by atoms with Crippen LogP contribution in [0.15, 0.2) is 18.2 Å². The summed E-state index contributed by atoms with van der Waals surface area (Å²) in [7, 11) is 1.46. The predicted octanol–water partition coefficient (Wildman–Crippen LogP) is 2.65. The van der Waals surface area contributed by atoms with Crippen LogP contribution < -0.4 is 10.5 Å². The minimum atomic E-state index is -4.43. The maximum Gasteiger partial charge on any atom is 0.431 e. The molecule has 3 N–H and O–H groups in total. The van der Waals surface area contributed by atoms with Gasteiger partial charge in [-0.25, -0.2) is 0 Å². The van der Waals surface area contributed by atoms with Crippen LogP contribution in [0.2, 0.25) is 0 Å². The first-order chi connectivity index (χ1) is 7.97. The van der Waals surface area contributed by atoms with Crippen LogP contribution in [0.4, 0.5) is 13.2 Å². The molecule has 0 amide bonds. The summed E-state index contributed by atoms with van der Waals surface area (Å²) < 4.78 is 43.2. The lowest BCUT2D eigenvalue weighted by Crippen LogP contribution is -2.11. The highest BCUT2D eigenvalue weighted by Gasteiger charge is 2.35. The van der Waals surface area contributed by atoms with E-state index in [0.29, 0.717) is 16.7 Å². The highest BCUT2D eigenvalue weighted by molar-refractivity contribution is 5.86. The molecule has 2 aromatic rings. The largest absolute Gasteiger partial charge is 0.497 e. The zero-order valence-electron chi connectivity index (χ0n) is 9.06. The number of fused-ring (bicyclic) bond motifs is 1. The molecule has 3 nitrogen and oxygen atoms in total. The van der Waals surface area contributed by atoms with Crippen molar-refractivity contribution in [1.82, 2.24) is 4.98 Å². The average Bonchev–Trinajstić information content (AvgIpc) is 2.65. The van der Waals surface area contributed by atoms with Crippen molar-refractivity contribution < 1.29 is 17.9 Å². The van der Waals surface area contributed by atoms with Crippen LogP contribution >= 0.6 is 0 Å². The molecule has 0 atom stereocenters. The van der Waals surface area contributed by atoms with Gasteiger partial charge in [0, 0.05) is 29.1 Å². The number of ether oxygens (including phenoxy) is 1. The van der Waals surface area contributed by atoms with Gasteiger partial charge in [-0.3, -0.25) is 0 Å². The smallest absolute Gasteiger partial charge is 0.431 e. The molecule has 0 fully saturated rings. The molecule has 0 aliphatic rings. The number of H-pyrrole nitrogens is 1. The standard InChI is InChI=1S/C11H11F3N2O/c1-17-6-2-3-7-8(5-15)10(11(12,13)14)16-9(7)4-6/h2-4,16H,5,15H2,1H3.